The zero-order valence-corrected chi connectivity index (χ0v) is 10.6. The lowest BCUT2D eigenvalue weighted by Crippen LogP contribution is -2.43. The van der Waals surface area contributed by atoms with Crippen molar-refractivity contribution in [3.05, 3.63) is 12.5 Å². The van der Waals surface area contributed by atoms with E-state index in [0.717, 1.165) is 0 Å². The van der Waals surface area contributed by atoms with Crippen molar-refractivity contribution in [3.8, 4) is 0 Å². The normalized spacial score (nSPS) is 15.8. The van der Waals surface area contributed by atoms with E-state index in [1.807, 2.05) is 6.92 Å². The first kappa shape index (κ1) is 14.1. The minimum atomic E-state index is -3.75. The van der Waals surface area contributed by atoms with Gasteiger partial charge in [-0.15, -0.1) is 0 Å². The molecule has 0 aliphatic rings. The molecule has 0 saturated carbocycles. The van der Waals surface area contributed by atoms with Gasteiger partial charge in [0.25, 0.3) is 10.0 Å². The van der Waals surface area contributed by atoms with E-state index in [-0.39, 0.29) is 11.6 Å². The second kappa shape index (κ2) is 5.13. The Hall–Kier alpha value is -0.960. The molecule has 0 saturated heterocycles. The van der Waals surface area contributed by atoms with Crippen molar-refractivity contribution < 1.29 is 18.6 Å². The number of aromatic nitrogens is 2. The highest BCUT2D eigenvalue weighted by atomic mass is 32.2. The van der Waals surface area contributed by atoms with Crippen LogP contribution in [0.2, 0.25) is 0 Å². The Morgan fingerprint density at radius 3 is 2.71 bits per heavy atom. The third-order valence-corrected chi connectivity index (χ3v) is 3.52. The highest BCUT2D eigenvalue weighted by Crippen LogP contribution is 2.07. The lowest BCUT2D eigenvalue weighted by atomic mass is 10.1. The van der Waals surface area contributed by atoms with Crippen LogP contribution in [0.1, 0.15) is 13.8 Å². The highest BCUT2D eigenvalue weighted by molar-refractivity contribution is 7.89. The number of aliphatic hydroxyl groups excluding tert-OH is 1. The predicted molar refractivity (Wildman–Crippen MR) is 60.8 cm³/mol. The Morgan fingerprint density at radius 2 is 2.24 bits per heavy atom. The molecule has 0 radical (unpaired) electrons. The van der Waals surface area contributed by atoms with Crippen molar-refractivity contribution in [2.45, 2.75) is 31.0 Å². The Kier molecular flexibility index (Phi) is 4.26. The molecular weight excluding hydrogens is 246 g/mol. The second-order valence-corrected chi connectivity index (χ2v) is 5.74. The summed E-state index contributed by atoms with van der Waals surface area (Å²) in [5.41, 5.74) is -1.49. The van der Waals surface area contributed by atoms with Gasteiger partial charge in [0.15, 0.2) is 5.03 Å². The Morgan fingerprint density at radius 1 is 1.59 bits per heavy atom. The molecule has 1 aromatic rings. The first-order valence-electron chi connectivity index (χ1n) is 5.15. The first-order chi connectivity index (χ1) is 7.80. The number of nitrogens with one attached hydrogen (secondary N) is 1. The maximum absolute atomic E-state index is 11.7. The maximum atomic E-state index is 11.7. The number of aryl methyl sites for hydroxylation is 1. The number of hydrogen-bond acceptors (Lipinski definition) is 5. The van der Waals surface area contributed by atoms with Crippen LogP contribution in [0.3, 0.4) is 0 Å². The van der Waals surface area contributed by atoms with Crippen molar-refractivity contribution in [1.82, 2.24) is 14.3 Å². The largest absolute Gasteiger partial charge is 0.393 e. The summed E-state index contributed by atoms with van der Waals surface area (Å²) in [5.74, 6) is 0. The number of imidazole rings is 1. The van der Waals surface area contributed by atoms with E-state index in [1.54, 1.807) is 4.57 Å². The van der Waals surface area contributed by atoms with Crippen molar-refractivity contribution >= 4 is 10.0 Å². The average Bonchev–Trinajstić information content (AvgIpc) is 2.76. The number of nitrogens with zero attached hydrogens (tertiary/aromatic N) is 2. The lowest BCUT2D eigenvalue weighted by Gasteiger charge is -2.19. The predicted octanol–water partition coefficient (Wildman–Crippen LogP) is -1.08. The zero-order chi connectivity index (χ0) is 13.1. The summed E-state index contributed by atoms with van der Waals surface area (Å²) in [6, 6.07) is 0. The van der Waals surface area contributed by atoms with Crippen LogP contribution in [0.4, 0.5) is 0 Å². The van der Waals surface area contributed by atoms with Crippen LogP contribution in [-0.4, -0.2) is 46.9 Å². The monoisotopic (exact) mass is 263 g/mol. The standard InChI is InChI=1S/C9H17N3O4S/c1-3-12-4-8(10-7-12)17(15,16)11-5-9(2,14)6-13/h4,7,11,13-14H,3,5-6H2,1-2H3. The van der Waals surface area contributed by atoms with E-state index in [1.165, 1.54) is 19.4 Å². The van der Waals surface area contributed by atoms with Crippen LogP contribution >= 0.6 is 0 Å². The first-order valence-corrected chi connectivity index (χ1v) is 6.64. The fourth-order valence-electron chi connectivity index (χ4n) is 1.03. The molecule has 0 aliphatic carbocycles. The molecule has 1 unspecified atom stereocenters. The molecule has 1 heterocycles. The minimum absolute atomic E-state index is 0.104. The Balaban J connectivity index is 2.76. The molecule has 8 heteroatoms. The summed E-state index contributed by atoms with van der Waals surface area (Å²) in [6.07, 6.45) is 2.81. The van der Waals surface area contributed by atoms with Gasteiger partial charge >= 0.3 is 0 Å². The van der Waals surface area contributed by atoms with Crippen molar-refractivity contribution in [3.63, 3.8) is 0 Å². The van der Waals surface area contributed by atoms with Crippen molar-refractivity contribution in [2.75, 3.05) is 13.2 Å². The van der Waals surface area contributed by atoms with E-state index in [0.29, 0.717) is 6.54 Å². The third kappa shape index (κ3) is 3.77. The molecule has 0 amide bonds. The van der Waals surface area contributed by atoms with Crippen molar-refractivity contribution in [2.24, 2.45) is 0 Å². The van der Waals surface area contributed by atoms with Gasteiger partial charge in [0.2, 0.25) is 0 Å². The molecule has 0 bridgehead atoms. The van der Waals surface area contributed by atoms with Crippen LogP contribution in [0.15, 0.2) is 17.6 Å². The fraction of sp³-hybridized carbons (Fsp3) is 0.667. The summed E-state index contributed by atoms with van der Waals surface area (Å²) < 4.78 is 27.3. The van der Waals surface area contributed by atoms with Crippen LogP contribution in [0.5, 0.6) is 0 Å². The van der Waals surface area contributed by atoms with E-state index in [9.17, 15) is 13.5 Å². The van der Waals surface area contributed by atoms with E-state index in [4.69, 9.17) is 5.11 Å². The SMILES string of the molecule is CCn1cnc(S(=O)(=O)NCC(C)(O)CO)c1. The molecule has 0 aromatic carbocycles. The lowest BCUT2D eigenvalue weighted by molar-refractivity contribution is 0.00680. The topological polar surface area (TPSA) is 104 Å². The van der Waals surface area contributed by atoms with E-state index >= 15 is 0 Å². The molecule has 0 fully saturated rings. The van der Waals surface area contributed by atoms with E-state index in [2.05, 4.69) is 9.71 Å². The third-order valence-electron chi connectivity index (χ3n) is 2.23. The Bertz CT molecular complexity index is 466. The van der Waals surface area contributed by atoms with Gasteiger partial charge in [-0.3, -0.25) is 0 Å². The van der Waals surface area contributed by atoms with Crippen LogP contribution < -0.4 is 4.72 Å². The fourth-order valence-corrected chi connectivity index (χ4v) is 2.14. The summed E-state index contributed by atoms with van der Waals surface area (Å²) >= 11 is 0. The Labute approximate surface area is 100 Å². The van der Waals surface area contributed by atoms with Gasteiger partial charge < -0.3 is 14.8 Å². The van der Waals surface area contributed by atoms with Gasteiger partial charge in [-0.2, -0.15) is 0 Å². The van der Waals surface area contributed by atoms with Gasteiger partial charge in [-0.1, -0.05) is 0 Å². The molecule has 0 spiro atoms. The van der Waals surface area contributed by atoms with Gasteiger partial charge in [-0.05, 0) is 13.8 Å². The summed E-state index contributed by atoms with van der Waals surface area (Å²) in [6.45, 7) is 3.02. The molecule has 1 rings (SSSR count). The molecule has 17 heavy (non-hydrogen) atoms. The molecule has 98 valence electrons. The van der Waals surface area contributed by atoms with Gasteiger partial charge in [0, 0.05) is 19.3 Å². The summed E-state index contributed by atoms with van der Waals surface area (Å²) in [5, 5.41) is 18.2. The molecular formula is C9H17N3O4S. The number of aliphatic hydroxyl groups is 2. The average molecular weight is 263 g/mol. The van der Waals surface area contributed by atoms with Crippen LogP contribution in [0.25, 0.3) is 0 Å². The number of sulfonamides is 1. The second-order valence-electron chi connectivity index (χ2n) is 4.02. The molecule has 1 atom stereocenters. The zero-order valence-electron chi connectivity index (χ0n) is 9.79. The summed E-state index contributed by atoms with van der Waals surface area (Å²) in [7, 11) is -3.75. The molecule has 1 aromatic heterocycles. The molecule has 7 nitrogen and oxygen atoms in total. The molecule has 0 aliphatic heterocycles. The minimum Gasteiger partial charge on any atom is -0.393 e. The van der Waals surface area contributed by atoms with Crippen LogP contribution in [-0.2, 0) is 16.6 Å². The maximum Gasteiger partial charge on any atom is 0.259 e. The van der Waals surface area contributed by atoms with Gasteiger partial charge in [0.05, 0.1) is 18.5 Å². The quantitative estimate of drug-likeness (QED) is 0.606. The van der Waals surface area contributed by atoms with E-state index < -0.39 is 22.2 Å². The van der Waals surface area contributed by atoms with Crippen molar-refractivity contribution in [1.29, 1.82) is 0 Å². The van der Waals surface area contributed by atoms with Crippen LogP contribution in [0, 0.1) is 0 Å². The number of rotatable bonds is 6. The smallest absolute Gasteiger partial charge is 0.259 e. The van der Waals surface area contributed by atoms with Gasteiger partial charge in [-0.25, -0.2) is 18.1 Å². The number of hydrogen-bond donors (Lipinski definition) is 3. The summed E-state index contributed by atoms with van der Waals surface area (Å²) in [4.78, 5) is 3.75. The highest BCUT2D eigenvalue weighted by Gasteiger charge is 2.24. The van der Waals surface area contributed by atoms with Gasteiger partial charge in [0.1, 0.15) is 0 Å². The molecule has 3 N–H and O–H groups in total.